The van der Waals surface area contributed by atoms with Crippen molar-refractivity contribution in [3.8, 4) is 0 Å². The summed E-state index contributed by atoms with van der Waals surface area (Å²) in [5.74, 6) is 0.483. The number of nitrogens with two attached hydrogens (primary N) is 1. The van der Waals surface area contributed by atoms with Crippen LogP contribution in [0.1, 0.15) is 45.6 Å². The van der Waals surface area contributed by atoms with Crippen LogP contribution in [0.25, 0.3) is 11.0 Å². The van der Waals surface area contributed by atoms with Crippen molar-refractivity contribution in [3.05, 3.63) is 46.9 Å². The number of piperazine rings is 1. The fourth-order valence-corrected chi connectivity index (χ4v) is 5.08. The molecule has 2 aliphatic rings. The van der Waals surface area contributed by atoms with Crippen LogP contribution in [0.15, 0.2) is 41.3 Å². The van der Waals surface area contributed by atoms with Crippen LogP contribution in [-0.4, -0.2) is 51.7 Å². The first-order valence-electron chi connectivity index (χ1n) is 12.0. The molecule has 0 amide bonds. The minimum atomic E-state index is -0.152. The molecule has 174 valence electrons. The molecule has 8 heteroatoms. The van der Waals surface area contributed by atoms with Crippen LogP contribution in [0.2, 0.25) is 0 Å². The summed E-state index contributed by atoms with van der Waals surface area (Å²) >= 11 is 0. The van der Waals surface area contributed by atoms with E-state index in [-0.39, 0.29) is 17.3 Å². The highest BCUT2D eigenvalue weighted by Crippen LogP contribution is 2.31. The predicted octanol–water partition coefficient (Wildman–Crippen LogP) is 3.76. The first kappa shape index (κ1) is 21.7. The van der Waals surface area contributed by atoms with Gasteiger partial charge in [0.2, 0.25) is 5.95 Å². The molecule has 1 saturated carbocycles. The summed E-state index contributed by atoms with van der Waals surface area (Å²) in [4.78, 5) is 27.0. The second-order valence-electron chi connectivity index (χ2n) is 9.47. The van der Waals surface area contributed by atoms with E-state index < -0.39 is 0 Å². The highest BCUT2D eigenvalue weighted by Gasteiger charge is 2.22. The SMILES string of the molecule is CC(C)N1CCN(c2ccc(Nc3ncc4cc(N)c(=O)n(C5CCCC5)c4n3)cc2)CC1. The number of aromatic nitrogens is 3. The molecule has 0 spiro atoms. The van der Waals surface area contributed by atoms with E-state index in [9.17, 15) is 4.79 Å². The Kier molecular flexibility index (Phi) is 5.93. The lowest BCUT2D eigenvalue weighted by molar-refractivity contribution is 0.209. The van der Waals surface area contributed by atoms with Crippen molar-refractivity contribution in [1.29, 1.82) is 0 Å². The maximum absolute atomic E-state index is 12.8. The molecule has 1 aromatic carbocycles. The first-order chi connectivity index (χ1) is 16.0. The van der Waals surface area contributed by atoms with Crippen molar-refractivity contribution in [2.45, 2.75) is 51.6 Å². The Morgan fingerprint density at radius 1 is 1.06 bits per heavy atom. The van der Waals surface area contributed by atoms with Gasteiger partial charge in [0.25, 0.3) is 5.56 Å². The molecule has 8 nitrogen and oxygen atoms in total. The van der Waals surface area contributed by atoms with E-state index in [0.717, 1.165) is 62.9 Å². The molecule has 1 saturated heterocycles. The third kappa shape index (κ3) is 4.39. The summed E-state index contributed by atoms with van der Waals surface area (Å²) < 4.78 is 1.78. The van der Waals surface area contributed by atoms with E-state index in [1.54, 1.807) is 16.8 Å². The van der Waals surface area contributed by atoms with Gasteiger partial charge in [-0.1, -0.05) is 12.8 Å². The maximum atomic E-state index is 12.8. The predicted molar refractivity (Wildman–Crippen MR) is 134 cm³/mol. The van der Waals surface area contributed by atoms with Crippen LogP contribution in [0.4, 0.5) is 23.0 Å². The highest BCUT2D eigenvalue weighted by molar-refractivity contribution is 5.79. The number of pyridine rings is 1. The number of hydrogen-bond acceptors (Lipinski definition) is 7. The lowest BCUT2D eigenvalue weighted by Gasteiger charge is -2.38. The summed E-state index contributed by atoms with van der Waals surface area (Å²) in [6, 6.07) is 10.8. The van der Waals surface area contributed by atoms with Crippen LogP contribution < -0.4 is 21.5 Å². The Bertz CT molecular complexity index is 1170. The fourth-order valence-electron chi connectivity index (χ4n) is 5.08. The highest BCUT2D eigenvalue weighted by atomic mass is 16.1. The smallest absolute Gasteiger partial charge is 0.275 e. The maximum Gasteiger partial charge on any atom is 0.275 e. The average Bonchev–Trinajstić information content (AvgIpc) is 3.35. The van der Waals surface area contributed by atoms with Gasteiger partial charge in [-0.15, -0.1) is 0 Å². The van der Waals surface area contributed by atoms with Gasteiger partial charge >= 0.3 is 0 Å². The standard InChI is InChI=1S/C25H33N7O/c1-17(2)30-11-13-31(14-12-30)20-9-7-19(8-10-20)28-25-27-16-18-15-22(26)24(33)32(23(18)29-25)21-5-3-4-6-21/h7-10,15-17,21H,3-6,11-14,26H2,1-2H3,(H,27,28,29). The number of nitrogens with one attached hydrogen (secondary N) is 1. The molecule has 5 rings (SSSR count). The van der Waals surface area contributed by atoms with Crippen molar-refractivity contribution in [1.82, 2.24) is 19.4 Å². The summed E-state index contributed by atoms with van der Waals surface area (Å²) in [6.45, 7) is 8.78. The largest absolute Gasteiger partial charge is 0.394 e. The van der Waals surface area contributed by atoms with Gasteiger partial charge in [0.15, 0.2) is 0 Å². The average molecular weight is 448 g/mol. The van der Waals surface area contributed by atoms with Crippen molar-refractivity contribution in [2.24, 2.45) is 0 Å². The summed E-state index contributed by atoms with van der Waals surface area (Å²) in [7, 11) is 0. The van der Waals surface area contributed by atoms with Crippen LogP contribution >= 0.6 is 0 Å². The normalized spacial score (nSPS) is 17.8. The first-order valence-corrected chi connectivity index (χ1v) is 12.0. The molecule has 0 atom stereocenters. The molecule has 0 unspecified atom stereocenters. The molecule has 3 heterocycles. The Labute approximate surface area is 194 Å². The third-order valence-electron chi connectivity index (χ3n) is 7.02. The molecule has 0 radical (unpaired) electrons. The van der Waals surface area contributed by atoms with E-state index in [2.05, 4.69) is 58.2 Å². The van der Waals surface area contributed by atoms with E-state index >= 15 is 0 Å². The summed E-state index contributed by atoms with van der Waals surface area (Å²) in [5, 5.41) is 4.10. The molecule has 1 aliphatic carbocycles. The molecule has 3 aromatic rings. The van der Waals surface area contributed by atoms with E-state index in [0.29, 0.717) is 17.6 Å². The second kappa shape index (κ2) is 9.02. The van der Waals surface area contributed by atoms with E-state index in [4.69, 9.17) is 10.7 Å². The Hall–Kier alpha value is -3.13. The Morgan fingerprint density at radius 3 is 2.42 bits per heavy atom. The van der Waals surface area contributed by atoms with Crippen molar-refractivity contribution in [2.75, 3.05) is 42.1 Å². The molecule has 3 N–H and O–H groups in total. The number of fused-ring (bicyclic) bond motifs is 1. The van der Waals surface area contributed by atoms with Crippen LogP contribution in [0, 0.1) is 0 Å². The Morgan fingerprint density at radius 2 is 1.76 bits per heavy atom. The summed E-state index contributed by atoms with van der Waals surface area (Å²) in [5.41, 5.74) is 8.91. The monoisotopic (exact) mass is 447 g/mol. The van der Waals surface area contributed by atoms with E-state index in [1.165, 1.54) is 5.69 Å². The van der Waals surface area contributed by atoms with Crippen molar-refractivity contribution in [3.63, 3.8) is 0 Å². The Balaban J connectivity index is 1.36. The number of hydrogen-bond donors (Lipinski definition) is 2. The van der Waals surface area contributed by atoms with Crippen LogP contribution in [0.5, 0.6) is 0 Å². The fraction of sp³-hybridized carbons (Fsp3) is 0.480. The minimum absolute atomic E-state index is 0.152. The molecule has 0 bridgehead atoms. The summed E-state index contributed by atoms with van der Waals surface area (Å²) in [6.07, 6.45) is 5.97. The van der Waals surface area contributed by atoms with Gasteiger partial charge in [-0.3, -0.25) is 14.3 Å². The number of nitrogen functional groups attached to an aromatic ring is 1. The number of nitrogens with zero attached hydrogens (tertiary/aromatic N) is 5. The molecule has 1 aliphatic heterocycles. The second-order valence-corrected chi connectivity index (χ2v) is 9.47. The van der Waals surface area contributed by atoms with Crippen LogP contribution in [-0.2, 0) is 0 Å². The minimum Gasteiger partial charge on any atom is -0.394 e. The van der Waals surface area contributed by atoms with Gasteiger partial charge < -0.3 is 16.0 Å². The van der Waals surface area contributed by atoms with Gasteiger partial charge in [-0.25, -0.2) is 4.98 Å². The van der Waals surface area contributed by atoms with Crippen molar-refractivity contribution < 1.29 is 0 Å². The third-order valence-corrected chi connectivity index (χ3v) is 7.02. The molecular formula is C25H33N7O. The van der Waals surface area contributed by atoms with Crippen LogP contribution in [0.3, 0.4) is 0 Å². The zero-order valence-corrected chi connectivity index (χ0v) is 19.5. The number of rotatable bonds is 5. The van der Waals surface area contributed by atoms with Gasteiger partial charge in [0, 0.05) is 61.2 Å². The topological polar surface area (TPSA) is 92.3 Å². The number of anilines is 4. The van der Waals surface area contributed by atoms with Gasteiger partial charge in [-0.05, 0) is 57.0 Å². The van der Waals surface area contributed by atoms with Gasteiger partial charge in [-0.2, -0.15) is 4.98 Å². The van der Waals surface area contributed by atoms with E-state index in [1.807, 2.05) is 0 Å². The number of benzene rings is 1. The quantitative estimate of drug-likeness (QED) is 0.615. The molecule has 2 aromatic heterocycles. The molecule has 33 heavy (non-hydrogen) atoms. The molecular weight excluding hydrogens is 414 g/mol. The van der Waals surface area contributed by atoms with Gasteiger partial charge in [0.1, 0.15) is 5.65 Å². The zero-order chi connectivity index (χ0) is 22.9. The lowest BCUT2D eigenvalue weighted by atomic mass is 10.2. The molecule has 2 fully saturated rings. The lowest BCUT2D eigenvalue weighted by Crippen LogP contribution is -2.48. The van der Waals surface area contributed by atoms with Crippen molar-refractivity contribution >= 4 is 34.0 Å². The zero-order valence-electron chi connectivity index (χ0n) is 19.5. The van der Waals surface area contributed by atoms with Gasteiger partial charge in [0.05, 0.1) is 5.69 Å².